The Morgan fingerprint density at radius 1 is 1.47 bits per heavy atom. The van der Waals surface area contributed by atoms with Gasteiger partial charge in [0.05, 0.1) is 5.75 Å². The number of sulfone groups is 1. The Morgan fingerprint density at radius 3 is 2.67 bits per heavy atom. The molecule has 1 aliphatic heterocycles. The van der Waals surface area contributed by atoms with Gasteiger partial charge in [0.2, 0.25) is 0 Å². The van der Waals surface area contributed by atoms with Crippen LogP contribution in [0, 0.1) is 11.8 Å². The minimum absolute atomic E-state index is 0.263. The van der Waals surface area contributed by atoms with E-state index in [1.54, 1.807) is 0 Å². The molecule has 0 radical (unpaired) electrons. The maximum absolute atomic E-state index is 11.0. The molecule has 2 unspecified atom stereocenters. The first-order chi connectivity index (χ1) is 6.92. The second-order valence-electron chi connectivity index (χ2n) is 4.69. The van der Waals surface area contributed by atoms with Crippen molar-refractivity contribution in [3.8, 4) is 0 Å². The van der Waals surface area contributed by atoms with Crippen LogP contribution in [0.15, 0.2) is 0 Å². The zero-order valence-electron chi connectivity index (χ0n) is 9.65. The largest absolute Gasteiger partial charge is 0.330 e. The van der Waals surface area contributed by atoms with E-state index >= 15 is 0 Å². The Kier molecular flexibility index (Phi) is 4.55. The Labute approximate surface area is 92.7 Å². The normalized spacial score (nSPS) is 29.3. The van der Waals surface area contributed by atoms with E-state index < -0.39 is 9.84 Å². The van der Waals surface area contributed by atoms with Crippen molar-refractivity contribution in [3.63, 3.8) is 0 Å². The smallest absolute Gasteiger partial charge is 0.148 e. The molecule has 0 saturated carbocycles. The van der Waals surface area contributed by atoms with Crippen LogP contribution in [-0.4, -0.2) is 51.5 Å². The van der Waals surface area contributed by atoms with E-state index in [1.807, 2.05) is 0 Å². The molecule has 0 aliphatic carbocycles. The highest BCUT2D eigenvalue weighted by molar-refractivity contribution is 7.90. The van der Waals surface area contributed by atoms with Crippen molar-refractivity contribution in [2.24, 2.45) is 17.6 Å². The number of likely N-dealkylation sites (tertiary alicyclic amines) is 1. The van der Waals surface area contributed by atoms with E-state index in [-0.39, 0.29) is 5.75 Å². The third kappa shape index (κ3) is 4.49. The minimum atomic E-state index is -2.83. The molecule has 0 bridgehead atoms. The van der Waals surface area contributed by atoms with Crippen LogP contribution in [0.1, 0.15) is 13.3 Å². The highest BCUT2D eigenvalue weighted by Gasteiger charge is 2.25. The molecule has 4 nitrogen and oxygen atoms in total. The first-order valence-electron chi connectivity index (χ1n) is 5.52. The highest BCUT2D eigenvalue weighted by atomic mass is 32.2. The highest BCUT2D eigenvalue weighted by Crippen LogP contribution is 2.21. The molecule has 1 aliphatic rings. The van der Waals surface area contributed by atoms with Crippen molar-refractivity contribution in [2.45, 2.75) is 13.3 Å². The van der Waals surface area contributed by atoms with Crippen molar-refractivity contribution in [1.82, 2.24) is 4.90 Å². The van der Waals surface area contributed by atoms with E-state index in [9.17, 15) is 8.42 Å². The van der Waals surface area contributed by atoms with E-state index in [0.717, 1.165) is 19.5 Å². The first-order valence-corrected chi connectivity index (χ1v) is 7.58. The van der Waals surface area contributed by atoms with Gasteiger partial charge in [-0.25, -0.2) is 8.42 Å². The van der Waals surface area contributed by atoms with Gasteiger partial charge >= 0.3 is 0 Å². The zero-order chi connectivity index (χ0) is 11.5. The number of piperidine rings is 1. The van der Waals surface area contributed by atoms with Crippen LogP contribution in [0.2, 0.25) is 0 Å². The van der Waals surface area contributed by atoms with Crippen LogP contribution in [0.3, 0.4) is 0 Å². The van der Waals surface area contributed by atoms with E-state index in [4.69, 9.17) is 5.73 Å². The summed E-state index contributed by atoms with van der Waals surface area (Å²) in [5.41, 5.74) is 5.69. The number of nitrogens with zero attached hydrogens (tertiary/aromatic N) is 1. The number of nitrogens with two attached hydrogens (primary N) is 1. The average molecular weight is 234 g/mol. The van der Waals surface area contributed by atoms with E-state index in [1.165, 1.54) is 6.26 Å². The standard InChI is InChI=1S/C10H22N2O2S/c1-9-3-4-12(8-10(9)7-11)5-6-15(2,13)14/h9-10H,3-8,11H2,1-2H3. The molecule has 2 atom stereocenters. The maximum atomic E-state index is 11.0. The summed E-state index contributed by atoms with van der Waals surface area (Å²) in [5, 5.41) is 0. The minimum Gasteiger partial charge on any atom is -0.330 e. The molecule has 2 N–H and O–H groups in total. The summed E-state index contributed by atoms with van der Waals surface area (Å²) in [7, 11) is -2.83. The van der Waals surface area contributed by atoms with Gasteiger partial charge in [-0.3, -0.25) is 0 Å². The quantitative estimate of drug-likeness (QED) is 0.740. The second kappa shape index (κ2) is 5.27. The molecule has 1 saturated heterocycles. The van der Waals surface area contributed by atoms with Gasteiger partial charge in [0, 0.05) is 19.3 Å². The lowest BCUT2D eigenvalue weighted by Gasteiger charge is -2.36. The lowest BCUT2D eigenvalue weighted by Crippen LogP contribution is -2.44. The van der Waals surface area contributed by atoms with Gasteiger partial charge in [0.15, 0.2) is 0 Å². The molecule has 1 heterocycles. The maximum Gasteiger partial charge on any atom is 0.148 e. The van der Waals surface area contributed by atoms with Crippen LogP contribution >= 0.6 is 0 Å². The molecule has 0 aromatic heterocycles. The summed E-state index contributed by atoms with van der Waals surface area (Å²) >= 11 is 0. The van der Waals surface area contributed by atoms with Crippen molar-refractivity contribution in [1.29, 1.82) is 0 Å². The summed E-state index contributed by atoms with van der Waals surface area (Å²) < 4.78 is 22.1. The van der Waals surface area contributed by atoms with Gasteiger partial charge in [0.1, 0.15) is 9.84 Å². The van der Waals surface area contributed by atoms with Gasteiger partial charge in [-0.15, -0.1) is 0 Å². The molecular weight excluding hydrogens is 212 g/mol. The fourth-order valence-corrected chi connectivity index (χ4v) is 2.62. The van der Waals surface area contributed by atoms with Gasteiger partial charge in [-0.2, -0.15) is 0 Å². The molecule has 15 heavy (non-hydrogen) atoms. The fraction of sp³-hybridized carbons (Fsp3) is 1.00. The van der Waals surface area contributed by atoms with Gasteiger partial charge in [-0.05, 0) is 31.3 Å². The Hall–Kier alpha value is -0.130. The summed E-state index contributed by atoms with van der Waals surface area (Å²) in [6, 6.07) is 0. The van der Waals surface area contributed by atoms with Crippen LogP contribution in [-0.2, 0) is 9.84 Å². The summed E-state index contributed by atoms with van der Waals surface area (Å²) in [6.07, 6.45) is 2.42. The molecule has 90 valence electrons. The lowest BCUT2D eigenvalue weighted by molar-refractivity contribution is 0.139. The van der Waals surface area contributed by atoms with Crippen molar-refractivity contribution in [3.05, 3.63) is 0 Å². The zero-order valence-corrected chi connectivity index (χ0v) is 10.5. The number of hydrogen-bond acceptors (Lipinski definition) is 4. The van der Waals surface area contributed by atoms with Gasteiger partial charge in [-0.1, -0.05) is 6.92 Å². The summed E-state index contributed by atoms with van der Waals surface area (Å²) in [4.78, 5) is 2.22. The SMILES string of the molecule is CC1CCN(CCS(C)(=O)=O)CC1CN. The van der Waals surface area contributed by atoms with Crippen LogP contribution < -0.4 is 5.73 Å². The van der Waals surface area contributed by atoms with Crippen molar-refractivity contribution < 1.29 is 8.42 Å². The topological polar surface area (TPSA) is 63.4 Å². The second-order valence-corrected chi connectivity index (χ2v) is 6.95. The Balaban J connectivity index is 2.38. The van der Waals surface area contributed by atoms with Crippen LogP contribution in [0.25, 0.3) is 0 Å². The monoisotopic (exact) mass is 234 g/mol. The van der Waals surface area contributed by atoms with Gasteiger partial charge in [0.25, 0.3) is 0 Å². The molecule has 0 spiro atoms. The summed E-state index contributed by atoms with van der Waals surface area (Å²) in [6.45, 7) is 5.55. The molecule has 0 aromatic carbocycles. The molecule has 1 fully saturated rings. The number of hydrogen-bond donors (Lipinski definition) is 1. The predicted octanol–water partition coefficient (Wildman–Crippen LogP) is -0.0523. The Morgan fingerprint density at radius 2 is 2.13 bits per heavy atom. The molecular formula is C10H22N2O2S. The van der Waals surface area contributed by atoms with Crippen LogP contribution in [0.4, 0.5) is 0 Å². The van der Waals surface area contributed by atoms with Crippen molar-refractivity contribution >= 4 is 9.84 Å². The molecule has 0 aromatic rings. The van der Waals surface area contributed by atoms with Crippen LogP contribution in [0.5, 0.6) is 0 Å². The summed E-state index contributed by atoms with van der Waals surface area (Å²) in [5.74, 6) is 1.46. The third-order valence-electron chi connectivity index (χ3n) is 3.28. The van der Waals surface area contributed by atoms with E-state index in [0.29, 0.717) is 24.9 Å². The Bertz CT molecular complexity index is 290. The molecule has 1 rings (SSSR count). The fourth-order valence-electron chi connectivity index (χ4n) is 2.03. The third-order valence-corrected chi connectivity index (χ3v) is 4.20. The molecule has 0 amide bonds. The predicted molar refractivity (Wildman–Crippen MR) is 62.5 cm³/mol. The first kappa shape index (κ1) is 12.9. The number of rotatable bonds is 4. The van der Waals surface area contributed by atoms with E-state index in [2.05, 4.69) is 11.8 Å². The van der Waals surface area contributed by atoms with Gasteiger partial charge < -0.3 is 10.6 Å². The average Bonchev–Trinajstić information content (AvgIpc) is 2.15. The van der Waals surface area contributed by atoms with Crippen molar-refractivity contribution in [2.75, 3.05) is 38.2 Å². The lowest BCUT2D eigenvalue weighted by atomic mass is 9.87. The molecule has 5 heteroatoms.